The Balaban J connectivity index is 1.39. The number of ether oxygens (including phenoxy) is 3. The van der Waals surface area contributed by atoms with E-state index in [-0.39, 0.29) is 30.0 Å². The highest BCUT2D eigenvalue weighted by Crippen LogP contribution is 2.28. The molecule has 0 N–H and O–H groups in total. The molecule has 0 aliphatic carbocycles. The molecule has 0 saturated carbocycles. The fraction of sp³-hybridized carbons (Fsp3) is 0.344. The molecule has 1 aliphatic rings. The third-order valence-corrected chi connectivity index (χ3v) is 10.2. The number of rotatable bonds is 13. The third kappa shape index (κ3) is 7.12. The Hall–Kier alpha value is -3.44. The van der Waals surface area contributed by atoms with Crippen LogP contribution in [0.3, 0.4) is 0 Å². The first kappa shape index (κ1) is 30.0. The number of nitrogens with zero attached hydrogens (tertiary/aromatic N) is 2. The second-order valence-corrected chi connectivity index (χ2v) is 13.2. The van der Waals surface area contributed by atoms with Crippen LogP contribution in [-0.4, -0.2) is 70.1 Å². The highest BCUT2D eigenvalue weighted by atomic mass is 32.2. The van der Waals surface area contributed by atoms with E-state index in [0.29, 0.717) is 37.6 Å². The largest absolute Gasteiger partial charge is 0.493 e. The summed E-state index contributed by atoms with van der Waals surface area (Å²) < 4.78 is 46.0. The third-order valence-electron chi connectivity index (χ3n) is 7.50. The van der Waals surface area contributed by atoms with Crippen molar-refractivity contribution in [3.05, 3.63) is 88.6 Å². The standard InChI is InChI=1S/C32H36N2O6S2/c1-38-30-14-11-24(19-31(30)39-2)15-16-33(22-28-10-6-18-41-28)32(35)23-34(21-27-9-5-17-40-27)42(36,37)29-13-12-25-7-3-4-8-26(25)20-29/h3-4,6-8,10-14,18-20,27H,5,9,15-17,21-23H2,1-2H3. The highest BCUT2D eigenvalue weighted by molar-refractivity contribution is 7.89. The van der Waals surface area contributed by atoms with Crippen molar-refractivity contribution < 1.29 is 27.4 Å². The number of methoxy groups -OCH3 is 2. The van der Waals surface area contributed by atoms with Crippen LogP contribution in [0.2, 0.25) is 0 Å². The van der Waals surface area contributed by atoms with Crippen LogP contribution in [0.5, 0.6) is 11.5 Å². The average Bonchev–Trinajstić information content (AvgIpc) is 3.73. The summed E-state index contributed by atoms with van der Waals surface area (Å²) in [5.41, 5.74) is 0.983. The number of benzene rings is 3. The Morgan fingerprint density at radius 1 is 0.976 bits per heavy atom. The van der Waals surface area contributed by atoms with Gasteiger partial charge in [0.2, 0.25) is 15.9 Å². The fourth-order valence-corrected chi connectivity index (χ4v) is 7.35. The van der Waals surface area contributed by atoms with Gasteiger partial charge in [0.25, 0.3) is 0 Å². The minimum atomic E-state index is -3.98. The minimum absolute atomic E-state index is 0.128. The Bertz CT molecular complexity index is 1600. The van der Waals surface area contributed by atoms with E-state index in [9.17, 15) is 13.2 Å². The van der Waals surface area contributed by atoms with E-state index < -0.39 is 10.0 Å². The molecule has 4 aromatic rings. The van der Waals surface area contributed by atoms with Crippen LogP contribution in [0.4, 0.5) is 0 Å². The van der Waals surface area contributed by atoms with E-state index in [0.717, 1.165) is 34.1 Å². The van der Waals surface area contributed by atoms with Gasteiger partial charge in [0, 0.05) is 24.6 Å². The monoisotopic (exact) mass is 608 g/mol. The van der Waals surface area contributed by atoms with Crippen LogP contribution in [-0.2, 0) is 32.5 Å². The summed E-state index contributed by atoms with van der Waals surface area (Å²) in [5.74, 6) is 0.998. The first-order chi connectivity index (χ1) is 20.4. The van der Waals surface area contributed by atoms with Gasteiger partial charge in [-0.2, -0.15) is 4.31 Å². The molecule has 1 unspecified atom stereocenters. The lowest BCUT2D eigenvalue weighted by Gasteiger charge is -2.28. The molecule has 42 heavy (non-hydrogen) atoms. The zero-order valence-electron chi connectivity index (χ0n) is 23.9. The van der Waals surface area contributed by atoms with Gasteiger partial charge in [-0.1, -0.05) is 42.5 Å². The molecular formula is C32H36N2O6S2. The van der Waals surface area contributed by atoms with Crippen LogP contribution >= 0.6 is 11.3 Å². The second-order valence-electron chi connectivity index (χ2n) is 10.3. The fourth-order valence-electron chi connectivity index (χ4n) is 5.17. The van der Waals surface area contributed by atoms with Crippen molar-refractivity contribution in [3.8, 4) is 11.5 Å². The molecule has 1 amide bonds. The molecule has 10 heteroatoms. The molecule has 0 bridgehead atoms. The predicted octanol–water partition coefficient (Wildman–Crippen LogP) is 5.36. The number of sulfonamides is 1. The van der Waals surface area contributed by atoms with Crippen molar-refractivity contribution in [2.45, 2.75) is 36.8 Å². The van der Waals surface area contributed by atoms with E-state index in [4.69, 9.17) is 14.2 Å². The summed E-state index contributed by atoms with van der Waals surface area (Å²) >= 11 is 1.57. The van der Waals surface area contributed by atoms with Gasteiger partial charge in [-0.3, -0.25) is 4.79 Å². The van der Waals surface area contributed by atoms with Gasteiger partial charge in [0.05, 0.1) is 38.3 Å². The first-order valence-corrected chi connectivity index (χ1v) is 16.3. The molecule has 0 radical (unpaired) electrons. The Morgan fingerprint density at radius 2 is 1.79 bits per heavy atom. The molecule has 222 valence electrons. The van der Waals surface area contributed by atoms with E-state index in [2.05, 4.69) is 0 Å². The second kappa shape index (κ2) is 13.7. The molecular weight excluding hydrogens is 572 g/mol. The van der Waals surface area contributed by atoms with E-state index in [1.807, 2.05) is 60.0 Å². The quantitative estimate of drug-likeness (QED) is 0.203. The first-order valence-electron chi connectivity index (χ1n) is 14.0. The summed E-state index contributed by atoms with van der Waals surface area (Å²) in [6.45, 7) is 1.26. The lowest BCUT2D eigenvalue weighted by molar-refractivity contribution is -0.132. The molecule has 1 fully saturated rings. The summed E-state index contributed by atoms with van der Waals surface area (Å²) in [5, 5.41) is 3.76. The topological polar surface area (TPSA) is 85.4 Å². The molecule has 0 spiro atoms. The van der Waals surface area contributed by atoms with Crippen molar-refractivity contribution in [3.63, 3.8) is 0 Å². The number of hydrogen-bond donors (Lipinski definition) is 0. The number of fused-ring (bicyclic) bond motifs is 1. The van der Waals surface area contributed by atoms with Crippen molar-refractivity contribution in [1.82, 2.24) is 9.21 Å². The number of carbonyl (C=O) groups is 1. The molecule has 5 rings (SSSR count). The molecule has 1 saturated heterocycles. The number of amides is 1. The maximum Gasteiger partial charge on any atom is 0.243 e. The highest BCUT2D eigenvalue weighted by Gasteiger charge is 2.32. The lowest BCUT2D eigenvalue weighted by atomic mass is 10.1. The van der Waals surface area contributed by atoms with Gasteiger partial charge in [0.1, 0.15) is 0 Å². The van der Waals surface area contributed by atoms with Crippen molar-refractivity contribution in [2.24, 2.45) is 0 Å². The number of hydrogen-bond acceptors (Lipinski definition) is 7. The average molecular weight is 609 g/mol. The van der Waals surface area contributed by atoms with Gasteiger partial charge < -0.3 is 19.1 Å². The molecule has 1 aliphatic heterocycles. The summed E-state index contributed by atoms with van der Waals surface area (Å²) in [4.78, 5) is 16.9. The zero-order chi connectivity index (χ0) is 29.5. The van der Waals surface area contributed by atoms with Gasteiger partial charge in [-0.05, 0) is 71.3 Å². The summed E-state index contributed by atoms with van der Waals surface area (Å²) in [6.07, 6.45) is 1.96. The predicted molar refractivity (Wildman–Crippen MR) is 165 cm³/mol. The molecule has 8 nitrogen and oxygen atoms in total. The Labute approximate surface area is 251 Å². The van der Waals surface area contributed by atoms with E-state index in [1.165, 1.54) is 4.31 Å². The molecule has 2 heterocycles. The van der Waals surface area contributed by atoms with Crippen LogP contribution in [0.1, 0.15) is 23.3 Å². The van der Waals surface area contributed by atoms with Gasteiger partial charge in [-0.25, -0.2) is 8.42 Å². The van der Waals surface area contributed by atoms with E-state index >= 15 is 0 Å². The summed E-state index contributed by atoms with van der Waals surface area (Å²) in [6, 6.07) is 22.4. The van der Waals surface area contributed by atoms with Crippen LogP contribution in [0.15, 0.2) is 83.1 Å². The molecule has 1 atom stereocenters. The Morgan fingerprint density at radius 3 is 2.50 bits per heavy atom. The molecule has 1 aromatic heterocycles. The molecule has 3 aromatic carbocycles. The van der Waals surface area contributed by atoms with Crippen molar-refractivity contribution in [2.75, 3.05) is 40.5 Å². The van der Waals surface area contributed by atoms with Crippen LogP contribution in [0, 0.1) is 0 Å². The number of thiophene rings is 1. The van der Waals surface area contributed by atoms with Crippen molar-refractivity contribution in [1.29, 1.82) is 0 Å². The van der Waals surface area contributed by atoms with Gasteiger partial charge in [-0.15, -0.1) is 11.3 Å². The summed E-state index contributed by atoms with van der Waals surface area (Å²) in [7, 11) is -0.796. The van der Waals surface area contributed by atoms with Gasteiger partial charge >= 0.3 is 0 Å². The SMILES string of the molecule is COc1ccc(CCN(Cc2cccs2)C(=O)CN(CC2CCCO2)S(=O)(=O)c2ccc3ccccc3c2)cc1OC. The van der Waals surface area contributed by atoms with Crippen LogP contribution < -0.4 is 9.47 Å². The number of carbonyl (C=O) groups excluding carboxylic acids is 1. The maximum absolute atomic E-state index is 14.0. The normalized spacial score (nSPS) is 15.3. The van der Waals surface area contributed by atoms with Crippen molar-refractivity contribution >= 4 is 38.0 Å². The van der Waals surface area contributed by atoms with Crippen LogP contribution in [0.25, 0.3) is 10.8 Å². The lowest BCUT2D eigenvalue weighted by Crippen LogP contribution is -2.45. The zero-order valence-corrected chi connectivity index (χ0v) is 25.5. The maximum atomic E-state index is 14.0. The minimum Gasteiger partial charge on any atom is -0.493 e. The van der Waals surface area contributed by atoms with E-state index in [1.54, 1.807) is 48.7 Å². The Kier molecular flexibility index (Phi) is 9.79. The van der Waals surface area contributed by atoms with Gasteiger partial charge in [0.15, 0.2) is 11.5 Å². The smallest absolute Gasteiger partial charge is 0.243 e.